The van der Waals surface area contributed by atoms with Crippen molar-refractivity contribution in [3.05, 3.63) is 87.3 Å². The molecule has 4 aromatic rings. The molecule has 0 aliphatic carbocycles. The Kier molecular flexibility index (Phi) is 7.15. The number of halogens is 3. The van der Waals surface area contributed by atoms with Crippen LogP contribution in [0.4, 0.5) is 13.2 Å². The van der Waals surface area contributed by atoms with Crippen LogP contribution in [0, 0.1) is 0 Å². The number of nitrogens with zero attached hydrogens (tertiary/aromatic N) is 1. The summed E-state index contributed by atoms with van der Waals surface area (Å²) in [5.41, 5.74) is 0.148. The number of alkyl halides is 3. The monoisotopic (exact) mass is 583 g/mol. The summed E-state index contributed by atoms with van der Waals surface area (Å²) in [4.78, 5) is 27.3. The van der Waals surface area contributed by atoms with Gasteiger partial charge in [-0.05, 0) is 60.5 Å². The molecule has 6 rings (SSSR count). The Labute approximate surface area is 236 Å². The molecule has 0 radical (unpaired) electrons. The number of carbonyl (C=O) groups excluding carboxylic acids is 1. The zero-order valence-corrected chi connectivity index (χ0v) is 22.3. The van der Waals surface area contributed by atoms with E-state index in [1.807, 2.05) is 24.0 Å². The lowest BCUT2D eigenvalue weighted by Gasteiger charge is -2.29. The van der Waals surface area contributed by atoms with E-state index in [-0.39, 0.29) is 49.0 Å². The summed E-state index contributed by atoms with van der Waals surface area (Å²) in [7, 11) is 0. The number of rotatable bonds is 7. The smallest absolute Gasteiger partial charge is 0.453 e. The van der Waals surface area contributed by atoms with E-state index in [0.29, 0.717) is 35.8 Å². The molecule has 0 unspecified atom stereocenters. The largest absolute Gasteiger partial charge is 0.478 e. The molecule has 0 bridgehead atoms. The van der Waals surface area contributed by atoms with Gasteiger partial charge in [-0.25, -0.2) is 4.79 Å². The zero-order chi connectivity index (χ0) is 29.4. The maximum Gasteiger partial charge on any atom is 0.453 e. The van der Waals surface area contributed by atoms with Gasteiger partial charge in [-0.1, -0.05) is 13.0 Å². The van der Waals surface area contributed by atoms with Gasteiger partial charge in [0.1, 0.15) is 23.8 Å². The molecular weight excluding hydrogens is 559 g/mol. The molecule has 0 atom stereocenters. The summed E-state index contributed by atoms with van der Waals surface area (Å²) in [5, 5.41) is -0.0926. The first kappa shape index (κ1) is 27.5. The van der Waals surface area contributed by atoms with Crippen molar-refractivity contribution in [3.8, 4) is 28.7 Å². The Balaban J connectivity index is 1.32. The van der Waals surface area contributed by atoms with Crippen molar-refractivity contribution < 1.29 is 46.1 Å². The van der Waals surface area contributed by atoms with Crippen molar-refractivity contribution in [2.24, 2.45) is 0 Å². The first-order chi connectivity index (χ1) is 20.2. The van der Waals surface area contributed by atoms with Crippen LogP contribution in [-0.4, -0.2) is 31.0 Å². The molecule has 9 nitrogen and oxygen atoms in total. The fourth-order valence-corrected chi connectivity index (χ4v) is 4.73. The lowest BCUT2D eigenvalue weighted by atomic mass is 10.1. The summed E-state index contributed by atoms with van der Waals surface area (Å²) >= 11 is 0. The van der Waals surface area contributed by atoms with Crippen molar-refractivity contribution in [2.75, 3.05) is 20.1 Å². The van der Waals surface area contributed by atoms with Gasteiger partial charge in [-0.3, -0.25) is 9.69 Å². The topological polar surface area (TPSA) is 96.7 Å². The Morgan fingerprint density at radius 2 is 1.74 bits per heavy atom. The van der Waals surface area contributed by atoms with Gasteiger partial charge < -0.3 is 28.1 Å². The third kappa shape index (κ3) is 5.32. The van der Waals surface area contributed by atoms with Crippen LogP contribution in [0.3, 0.4) is 0 Å². The van der Waals surface area contributed by atoms with E-state index in [9.17, 15) is 22.8 Å². The highest BCUT2D eigenvalue weighted by atomic mass is 19.4. The van der Waals surface area contributed by atoms with Gasteiger partial charge >= 0.3 is 12.1 Å². The molecule has 0 N–H and O–H groups in total. The normalized spacial score (nSPS) is 14.4. The second-order valence-corrected chi connectivity index (χ2v) is 9.72. The minimum Gasteiger partial charge on any atom is -0.478 e. The number of fused-ring (bicyclic) bond motifs is 4. The van der Waals surface area contributed by atoms with E-state index >= 15 is 0 Å². The molecule has 1 aromatic heterocycles. The van der Waals surface area contributed by atoms with E-state index in [0.717, 1.165) is 5.56 Å². The third-order valence-corrected chi connectivity index (χ3v) is 6.71. The van der Waals surface area contributed by atoms with Crippen molar-refractivity contribution in [1.29, 1.82) is 0 Å². The van der Waals surface area contributed by atoms with Crippen molar-refractivity contribution >= 4 is 16.9 Å². The van der Waals surface area contributed by atoms with Gasteiger partial charge in [-0.2, -0.15) is 13.2 Å². The SMILES string of the molecule is CCCOC(=O)c1ccc(Oc2c(C(F)(F)F)oc3c4c(ccc3c2=O)OCN(Cc2ccc3c(c2)OCO3)C4)cc1. The number of hydrogen-bond acceptors (Lipinski definition) is 9. The Bertz CT molecular complexity index is 1720. The van der Waals surface area contributed by atoms with Crippen LogP contribution in [-0.2, 0) is 24.0 Å². The Morgan fingerprint density at radius 1 is 0.976 bits per heavy atom. The number of carbonyl (C=O) groups is 1. The number of hydrogen-bond donors (Lipinski definition) is 0. The molecule has 0 fully saturated rings. The summed E-state index contributed by atoms with van der Waals surface area (Å²) in [6, 6.07) is 13.6. The average Bonchev–Trinajstić information content (AvgIpc) is 3.45. The lowest BCUT2D eigenvalue weighted by molar-refractivity contribution is -0.154. The highest BCUT2D eigenvalue weighted by Gasteiger charge is 2.41. The predicted octanol–water partition coefficient (Wildman–Crippen LogP) is 6.25. The molecule has 3 aromatic carbocycles. The zero-order valence-electron chi connectivity index (χ0n) is 22.3. The number of ether oxygens (including phenoxy) is 5. The number of benzene rings is 3. The van der Waals surface area contributed by atoms with Crippen LogP contribution in [0.5, 0.6) is 28.7 Å². The predicted molar refractivity (Wildman–Crippen MR) is 142 cm³/mol. The van der Waals surface area contributed by atoms with Gasteiger partial charge in [0, 0.05) is 13.1 Å². The lowest BCUT2D eigenvalue weighted by Crippen LogP contribution is -2.32. The molecule has 218 valence electrons. The quantitative estimate of drug-likeness (QED) is 0.234. The molecule has 0 spiro atoms. The van der Waals surface area contributed by atoms with Crippen LogP contribution in [0.15, 0.2) is 63.8 Å². The summed E-state index contributed by atoms with van der Waals surface area (Å²) in [5.74, 6) is -1.69. The maximum atomic E-state index is 14.2. The van der Waals surface area contributed by atoms with Gasteiger partial charge in [0.05, 0.1) is 23.1 Å². The van der Waals surface area contributed by atoms with E-state index in [1.54, 1.807) is 6.07 Å². The molecule has 3 heterocycles. The van der Waals surface area contributed by atoms with Crippen molar-refractivity contribution in [1.82, 2.24) is 4.90 Å². The molecule has 42 heavy (non-hydrogen) atoms. The molecular formula is C30H24F3NO8. The van der Waals surface area contributed by atoms with Crippen LogP contribution >= 0.6 is 0 Å². The van der Waals surface area contributed by atoms with Crippen LogP contribution in [0.2, 0.25) is 0 Å². The van der Waals surface area contributed by atoms with Gasteiger partial charge in [-0.15, -0.1) is 0 Å². The molecule has 0 saturated heterocycles. The summed E-state index contributed by atoms with van der Waals surface area (Å²) in [6.45, 7) is 2.94. The average molecular weight is 584 g/mol. The Morgan fingerprint density at radius 3 is 2.50 bits per heavy atom. The van der Waals surface area contributed by atoms with Crippen molar-refractivity contribution in [2.45, 2.75) is 32.6 Å². The molecule has 0 saturated carbocycles. The second kappa shape index (κ2) is 10.9. The van der Waals surface area contributed by atoms with Crippen LogP contribution in [0.25, 0.3) is 11.0 Å². The van der Waals surface area contributed by atoms with Crippen molar-refractivity contribution in [3.63, 3.8) is 0 Å². The van der Waals surface area contributed by atoms with E-state index in [2.05, 4.69) is 0 Å². The molecule has 2 aliphatic heterocycles. The van der Waals surface area contributed by atoms with Crippen LogP contribution < -0.4 is 24.4 Å². The highest BCUT2D eigenvalue weighted by Crippen LogP contribution is 2.41. The first-order valence-corrected chi connectivity index (χ1v) is 13.1. The summed E-state index contributed by atoms with van der Waals surface area (Å²) in [6.07, 6.45) is -4.41. The standard InChI is InChI=1S/C30H24F3NO8/c1-2-11-37-29(36)18-4-6-19(7-5-18)41-27-25(35)20-8-10-22-21(26(20)42-28(27)30(31,32)33)14-34(15-38-22)13-17-3-9-23-24(12-17)40-16-39-23/h3-10,12H,2,11,13-16H2,1H3. The minimum absolute atomic E-state index is 0.0876. The van der Waals surface area contributed by atoms with Gasteiger partial charge in [0.15, 0.2) is 11.5 Å². The second-order valence-electron chi connectivity index (χ2n) is 9.72. The molecule has 12 heteroatoms. The van der Waals surface area contributed by atoms with Gasteiger partial charge in [0.2, 0.25) is 18.0 Å². The first-order valence-electron chi connectivity index (χ1n) is 13.1. The fraction of sp³-hybridized carbons (Fsp3) is 0.267. The summed E-state index contributed by atoms with van der Waals surface area (Å²) < 4.78 is 75.1. The van der Waals surface area contributed by atoms with Gasteiger partial charge in [0.25, 0.3) is 5.76 Å². The van der Waals surface area contributed by atoms with E-state index < -0.39 is 29.1 Å². The highest BCUT2D eigenvalue weighted by molar-refractivity contribution is 5.89. The Hall–Kier alpha value is -4.71. The van der Waals surface area contributed by atoms with E-state index in [1.165, 1.54) is 36.4 Å². The molecule has 2 aliphatic rings. The fourth-order valence-electron chi connectivity index (χ4n) is 4.73. The maximum absolute atomic E-state index is 14.2. The number of esters is 1. The minimum atomic E-state index is -5.04. The third-order valence-electron chi connectivity index (χ3n) is 6.71. The van der Waals surface area contributed by atoms with Crippen LogP contribution in [0.1, 0.15) is 40.6 Å². The molecule has 0 amide bonds. The van der Waals surface area contributed by atoms with E-state index in [4.69, 9.17) is 28.1 Å².